The highest BCUT2D eigenvalue weighted by atomic mass is 32.2. The van der Waals surface area contributed by atoms with E-state index in [1.165, 1.54) is 4.90 Å². The number of hydrogen-bond donors (Lipinski definition) is 2. The smallest absolute Gasteiger partial charge is 0.255 e. The van der Waals surface area contributed by atoms with Gasteiger partial charge in [-0.15, -0.1) is 0 Å². The molecule has 3 rings (SSSR count). The van der Waals surface area contributed by atoms with Crippen LogP contribution in [0.5, 0.6) is 0 Å². The van der Waals surface area contributed by atoms with Gasteiger partial charge in [0.1, 0.15) is 6.04 Å². The minimum absolute atomic E-state index is 0.159. The van der Waals surface area contributed by atoms with E-state index in [1.54, 1.807) is 18.2 Å². The third-order valence-electron chi connectivity index (χ3n) is 3.74. The normalized spacial score (nSPS) is 26.1. The summed E-state index contributed by atoms with van der Waals surface area (Å²) in [5, 5.41) is 2.62. The maximum absolute atomic E-state index is 12.4. The molecule has 0 bridgehead atoms. The lowest BCUT2D eigenvalue weighted by Gasteiger charge is -2.24. The molecular formula is C13H15N3O3S. The number of fused-ring (bicyclic) bond motifs is 1. The molecule has 2 amide bonds. The van der Waals surface area contributed by atoms with Crippen molar-refractivity contribution in [2.75, 3.05) is 17.4 Å². The van der Waals surface area contributed by atoms with Gasteiger partial charge < -0.3 is 16.0 Å². The van der Waals surface area contributed by atoms with Gasteiger partial charge in [0, 0.05) is 39.9 Å². The van der Waals surface area contributed by atoms with Crippen LogP contribution in [0.25, 0.3) is 0 Å². The van der Waals surface area contributed by atoms with E-state index in [0.717, 1.165) is 5.56 Å². The summed E-state index contributed by atoms with van der Waals surface area (Å²) in [6.45, 7) is 0.339. The van der Waals surface area contributed by atoms with Crippen molar-refractivity contribution < 1.29 is 13.8 Å². The van der Waals surface area contributed by atoms with Gasteiger partial charge in [0.25, 0.3) is 5.91 Å². The Morgan fingerprint density at radius 2 is 2.15 bits per heavy atom. The maximum atomic E-state index is 12.4. The van der Waals surface area contributed by atoms with Crippen LogP contribution in [-0.4, -0.2) is 38.6 Å². The minimum Gasteiger partial charge on any atom is -0.398 e. The molecule has 106 valence electrons. The summed E-state index contributed by atoms with van der Waals surface area (Å²) < 4.78 is 11.5. The van der Waals surface area contributed by atoms with Gasteiger partial charge in [0.15, 0.2) is 0 Å². The molecule has 2 aliphatic heterocycles. The van der Waals surface area contributed by atoms with E-state index >= 15 is 0 Å². The van der Waals surface area contributed by atoms with Crippen molar-refractivity contribution in [1.82, 2.24) is 10.2 Å². The van der Waals surface area contributed by atoms with Gasteiger partial charge in [-0.3, -0.25) is 13.8 Å². The lowest BCUT2D eigenvalue weighted by atomic mass is 10.1. The van der Waals surface area contributed by atoms with E-state index in [4.69, 9.17) is 5.73 Å². The lowest BCUT2D eigenvalue weighted by Crippen LogP contribution is -2.46. The van der Waals surface area contributed by atoms with Gasteiger partial charge in [-0.1, -0.05) is 6.07 Å². The molecule has 2 aliphatic rings. The van der Waals surface area contributed by atoms with Crippen molar-refractivity contribution in [2.24, 2.45) is 0 Å². The van der Waals surface area contributed by atoms with E-state index in [9.17, 15) is 13.8 Å². The number of nitrogens with zero attached hydrogens (tertiary/aromatic N) is 1. The summed E-state index contributed by atoms with van der Waals surface area (Å²) >= 11 is 0. The molecule has 3 N–H and O–H groups in total. The van der Waals surface area contributed by atoms with Crippen LogP contribution in [0.1, 0.15) is 22.3 Å². The Labute approximate surface area is 118 Å². The molecule has 1 fully saturated rings. The SMILES string of the molecule is Nc1cccc2c1CN([C@H]1CC[S@@](=O)CNC1=O)C2=O. The molecule has 2 heterocycles. The zero-order valence-electron chi connectivity index (χ0n) is 10.8. The fourth-order valence-corrected chi connectivity index (χ4v) is 3.58. The molecule has 1 saturated heterocycles. The molecule has 1 aromatic rings. The summed E-state index contributed by atoms with van der Waals surface area (Å²) in [7, 11) is -1.06. The largest absolute Gasteiger partial charge is 0.398 e. The molecular weight excluding hydrogens is 278 g/mol. The maximum Gasteiger partial charge on any atom is 0.255 e. The second-order valence-electron chi connectivity index (χ2n) is 4.94. The van der Waals surface area contributed by atoms with E-state index in [2.05, 4.69) is 5.32 Å². The minimum atomic E-state index is -1.06. The predicted octanol–water partition coefficient (Wildman–Crippen LogP) is -0.181. The topological polar surface area (TPSA) is 92.5 Å². The molecule has 0 unspecified atom stereocenters. The van der Waals surface area contributed by atoms with Gasteiger partial charge in [0.2, 0.25) is 5.91 Å². The van der Waals surface area contributed by atoms with E-state index < -0.39 is 16.8 Å². The third-order valence-corrected chi connectivity index (χ3v) is 4.89. The molecule has 0 radical (unpaired) electrons. The Bertz CT molecular complexity index is 617. The van der Waals surface area contributed by atoms with Crippen molar-refractivity contribution in [3.8, 4) is 0 Å². The lowest BCUT2D eigenvalue weighted by molar-refractivity contribution is -0.125. The Morgan fingerprint density at radius 3 is 2.90 bits per heavy atom. The Morgan fingerprint density at radius 1 is 1.35 bits per heavy atom. The Balaban J connectivity index is 1.90. The molecule has 0 spiro atoms. The fourth-order valence-electron chi connectivity index (χ4n) is 2.64. The van der Waals surface area contributed by atoms with Crippen LogP contribution in [-0.2, 0) is 22.1 Å². The molecule has 0 aliphatic carbocycles. The van der Waals surface area contributed by atoms with E-state index in [1.807, 2.05) is 0 Å². The van der Waals surface area contributed by atoms with Gasteiger partial charge in [-0.2, -0.15) is 0 Å². The van der Waals surface area contributed by atoms with E-state index in [0.29, 0.717) is 30.0 Å². The highest BCUT2D eigenvalue weighted by Gasteiger charge is 2.38. The molecule has 0 aromatic heterocycles. The van der Waals surface area contributed by atoms with Crippen LogP contribution in [0.2, 0.25) is 0 Å². The summed E-state index contributed by atoms with van der Waals surface area (Å²) in [5.41, 5.74) is 7.78. The van der Waals surface area contributed by atoms with Crippen molar-refractivity contribution in [2.45, 2.75) is 19.0 Å². The summed E-state index contributed by atoms with van der Waals surface area (Å²) in [4.78, 5) is 26.0. The number of nitrogen functional groups attached to an aromatic ring is 1. The number of amides is 2. The average molecular weight is 293 g/mol. The number of rotatable bonds is 1. The van der Waals surface area contributed by atoms with Gasteiger partial charge in [-0.05, 0) is 18.6 Å². The number of carbonyl (C=O) groups is 2. The second kappa shape index (κ2) is 4.90. The number of anilines is 1. The highest BCUT2D eigenvalue weighted by Crippen LogP contribution is 2.30. The Hall–Kier alpha value is -1.89. The number of hydrogen-bond acceptors (Lipinski definition) is 4. The monoisotopic (exact) mass is 293 g/mol. The van der Waals surface area contributed by atoms with E-state index in [-0.39, 0.29) is 17.7 Å². The summed E-state index contributed by atoms with van der Waals surface area (Å²) in [6.07, 6.45) is 0.415. The van der Waals surface area contributed by atoms with Crippen molar-refractivity contribution in [3.05, 3.63) is 29.3 Å². The van der Waals surface area contributed by atoms with Crippen LogP contribution >= 0.6 is 0 Å². The quantitative estimate of drug-likeness (QED) is 0.703. The summed E-state index contributed by atoms with van der Waals surface area (Å²) in [6, 6.07) is 4.64. The molecule has 20 heavy (non-hydrogen) atoms. The van der Waals surface area contributed by atoms with Gasteiger partial charge in [-0.25, -0.2) is 0 Å². The van der Waals surface area contributed by atoms with Crippen LogP contribution in [0.3, 0.4) is 0 Å². The average Bonchev–Trinajstić information content (AvgIpc) is 2.66. The first-order chi connectivity index (χ1) is 9.58. The van der Waals surface area contributed by atoms with Crippen LogP contribution < -0.4 is 11.1 Å². The van der Waals surface area contributed by atoms with Crippen LogP contribution in [0.15, 0.2) is 18.2 Å². The van der Waals surface area contributed by atoms with Crippen LogP contribution in [0.4, 0.5) is 5.69 Å². The van der Waals surface area contributed by atoms with Gasteiger partial charge in [0.05, 0.1) is 5.88 Å². The third kappa shape index (κ3) is 2.07. The standard InChI is InChI=1S/C13H15N3O3S/c14-10-3-1-2-8-9(10)6-16(13(8)18)11-4-5-20(19)7-15-12(11)17/h1-3,11H,4-7,14H2,(H,15,17)/t11-,20+/m0/s1. The van der Waals surface area contributed by atoms with Crippen molar-refractivity contribution in [1.29, 1.82) is 0 Å². The first kappa shape index (κ1) is 13.1. The van der Waals surface area contributed by atoms with Gasteiger partial charge >= 0.3 is 0 Å². The number of nitrogens with one attached hydrogen (secondary N) is 1. The second-order valence-corrected chi connectivity index (χ2v) is 6.52. The highest BCUT2D eigenvalue weighted by molar-refractivity contribution is 7.84. The molecule has 0 saturated carbocycles. The van der Waals surface area contributed by atoms with Crippen molar-refractivity contribution >= 4 is 28.3 Å². The zero-order chi connectivity index (χ0) is 14.3. The first-order valence-corrected chi connectivity index (χ1v) is 7.88. The molecule has 7 heteroatoms. The fraction of sp³-hybridized carbons (Fsp3) is 0.385. The van der Waals surface area contributed by atoms with Crippen molar-refractivity contribution in [3.63, 3.8) is 0 Å². The number of nitrogens with two attached hydrogens (primary N) is 1. The molecule has 2 atom stereocenters. The number of carbonyl (C=O) groups excluding carboxylic acids is 2. The molecule has 1 aromatic carbocycles. The Kier molecular flexibility index (Phi) is 3.21. The first-order valence-electron chi connectivity index (χ1n) is 6.39. The summed E-state index contributed by atoms with van der Waals surface area (Å²) in [5.74, 6) is 0.154. The van der Waals surface area contributed by atoms with Crippen LogP contribution in [0, 0.1) is 0 Å². The number of benzene rings is 1. The zero-order valence-corrected chi connectivity index (χ0v) is 11.6. The predicted molar refractivity (Wildman–Crippen MR) is 75.2 cm³/mol. The molecule has 6 nitrogen and oxygen atoms in total.